The summed E-state index contributed by atoms with van der Waals surface area (Å²) in [6.45, 7) is 0.364. The lowest BCUT2D eigenvalue weighted by atomic mass is 10.0. The zero-order chi connectivity index (χ0) is 13.9. The minimum atomic E-state index is -0.437. The fourth-order valence-corrected chi connectivity index (χ4v) is 2.11. The molecule has 0 spiro atoms. The highest BCUT2D eigenvalue weighted by atomic mass is 16.2. The molecule has 20 heavy (non-hydrogen) atoms. The third kappa shape index (κ3) is 2.51. The van der Waals surface area contributed by atoms with E-state index in [2.05, 4.69) is 20.7 Å². The Morgan fingerprint density at radius 1 is 1.40 bits per heavy atom. The fourth-order valence-electron chi connectivity index (χ4n) is 2.11. The van der Waals surface area contributed by atoms with Crippen LogP contribution in [0, 0.1) is 5.92 Å². The first-order chi connectivity index (χ1) is 9.72. The Bertz CT molecular complexity index is 637. The van der Waals surface area contributed by atoms with Crippen LogP contribution in [0.1, 0.15) is 6.42 Å². The Labute approximate surface area is 115 Å². The van der Waals surface area contributed by atoms with E-state index in [-0.39, 0.29) is 18.2 Å². The number of benzene rings is 1. The number of rotatable bonds is 3. The SMILES string of the molecule is O=C(CC1Cn2ncnc2NC1=O)Nc1ccccc1. The third-order valence-electron chi connectivity index (χ3n) is 3.10. The van der Waals surface area contributed by atoms with Crippen LogP contribution in [-0.4, -0.2) is 26.6 Å². The van der Waals surface area contributed by atoms with Crippen LogP contribution in [0.4, 0.5) is 11.6 Å². The average Bonchev–Trinajstić information content (AvgIpc) is 2.87. The average molecular weight is 271 g/mol. The fraction of sp³-hybridized carbons (Fsp3) is 0.231. The predicted molar refractivity (Wildman–Crippen MR) is 71.8 cm³/mol. The number of nitrogens with one attached hydrogen (secondary N) is 2. The highest BCUT2D eigenvalue weighted by Gasteiger charge is 2.29. The van der Waals surface area contributed by atoms with Gasteiger partial charge in [0.2, 0.25) is 17.8 Å². The van der Waals surface area contributed by atoms with Crippen LogP contribution in [0.25, 0.3) is 0 Å². The number of hydrogen-bond donors (Lipinski definition) is 2. The number of anilines is 2. The van der Waals surface area contributed by atoms with Crippen molar-refractivity contribution in [2.75, 3.05) is 10.6 Å². The number of aromatic nitrogens is 3. The molecule has 0 saturated heterocycles. The normalized spacial score (nSPS) is 17.2. The molecule has 0 aliphatic carbocycles. The second-order valence-electron chi connectivity index (χ2n) is 4.57. The van der Waals surface area contributed by atoms with Crippen molar-refractivity contribution in [2.24, 2.45) is 5.92 Å². The second kappa shape index (κ2) is 5.12. The van der Waals surface area contributed by atoms with E-state index in [0.717, 1.165) is 5.69 Å². The largest absolute Gasteiger partial charge is 0.326 e. The molecule has 2 amide bonds. The van der Waals surface area contributed by atoms with Crippen LogP contribution in [0.2, 0.25) is 0 Å². The van der Waals surface area contributed by atoms with Crippen LogP contribution in [0.5, 0.6) is 0 Å². The van der Waals surface area contributed by atoms with E-state index in [1.807, 2.05) is 18.2 Å². The molecule has 2 aromatic rings. The highest BCUT2D eigenvalue weighted by Crippen LogP contribution is 2.18. The number of carbonyl (C=O) groups is 2. The Morgan fingerprint density at radius 3 is 3.00 bits per heavy atom. The van der Waals surface area contributed by atoms with Crippen molar-refractivity contribution in [2.45, 2.75) is 13.0 Å². The van der Waals surface area contributed by atoms with Gasteiger partial charge in [0, 0.05) is 12.1 Å². The molecule has 2 N–H and O–H groups in total. The zero-order valence-corrected chi connectivity index (χ0v) is 10.6. The number of para-hydroxylation sites is 1. The summed E-state index contributed by atoms with van der Waals surface area (Å²) in [5.74, 6) is -0.406. The molecule has 1 aromatic carbocycles. The van der Waals surface area contributed by atoms with Crippen molar-refractivity contribution in [3.05, 3.63) is 36.7 Å². The van der Waals surface area contributed by atoms with Gasteiger partial charge in [0.25, 0.3) is 0 Å². The first-order valence-electron chi connectivity index (χ1n) is 6.26. The molecule has 2 heterocycles. The molecular formula is C13H13N5O2. The van der Waals surface area contributed by atoms with Crippen LogP contribution in [0.15, 0.2) is 36.7 Å². The molecule has 1 aliphatic heterocycles. The van der Waals surface area contributed by atoms with E-state index >= 15 is 0 Å². The Balaban J connectivity index is 1.63. The van der Waals surface area contributed by atoms with Gasteiger partial charge in [-0.25, -0.2) is 4.68 Å². The van der Waals surface area contributed by atoms with Gasteiger partial charge in [-0.2, -0.15) is 10.1 Å². The van der Waals surface area contributed by atoms with Gasteiger partial charge >= 0.3 is 0 Å². The number of amides is 2. The summed E-state index contributed by atoms with van der Waals surface area (Å²) in [4.78, 5) is 27.7. The maximum atomic E-state index is 11.9. The molecule has 1 atom stereocenters. The summed E-state index contributed by atoms with van der Waals surface area (Å²) in [6, 6.07) is 9.15. The molecule has 1 unspecified atom stereocenters. The lowest BCUT2D eigenvalue weighted by Crippen LogP contribution is -2.36. The number of fused-ring (bicyclic) bond motifs is 1. The summed E-state index contributed by atoms with van der Waals surface area (Å²) in [7, 11) is 0. The van der Waals surface area contributed by atoms with Gasteiger partial charge in [-0.15, -0.1) is 0 Å². The molecule has 0 saturated carbocycles. The minimum Gasteiger partial charge on any atom is -0.326 e. The van der Waals surface area contributed by atoms with Crippen molar-refractivity contribution < 1.29 is 9.59 Å². The predicted octanol–water partition coefficient (Wildman–Crippen LogP) is 0.875. The lowest BCUT2D eigenvalue weighted by molar-refractivity contribution is -0.125. The standard InChI is InChI=1S/C13H13N5O2/c19-11(16-10-4-2-1-3-5-10)6-9-7-18-13(14-8-15-18)17-12(9)20/h1-5,8-9H,6-7H2,(H,16,19)(H,14,15,17,20). The van der Waals surface area contributed by atoms with E-state index in [1.54, 1.807) is 16.8 Å². The van der Waals surface area contributed by atoms with Crippen LogP contribution in [0.3, 0.4) is 0 Å². The molecule has 1 aromatic heterocycles. The first-order valence-corrected chi connectivity index (χ1v) is 6.26. The van der Waals surface area contributed by atoms with Crippen molar-refractivity contribution in [3.8, 4) is 0 Å². The lowest BCUT2D eigenvalue weighted by Gasteiger charge is -2.21. The van der Waals surface area contributed by atoms with Gasteiger partial charge in [0.1, 0.15) is 6.33 Å². The van der Waals surface area contributed by atoms with E-state index < -0.39 is 5.92 Å². The molecular weight excluding hydrogens is 258 g/mol. The zero-order valence-electron chi connectivity index (χ0n) is 10.6. The van der Waals surface area contributed by atoms with E-state index in [4.69, 9.17) is 0 Å². The summed E-state index contributed by atoms with van der Waals surface area (Å²) >= 11 is 0. The third-order valence-corrected chi connectivity index (χ3v) is 3.10. The molecule has 0 radical (unpaired) electrons. The van der Waals surface area contributed by atoms with E-state index in [9.17, 15) is 9.59 Å². The number of carbonyl (C=O) groups excluding carboxylic acids is 2. The second-order valence-corrected chi connectivity index (χ2v) is 4.57. The maximum Gasteiger partial charge on any atom is 0.232 e. The van der Waals surface area contributed by atoms with Crippen LogP contribution < -0.4 is 10.6 Å². The molecule has 7 heteroatoms. The number of nitrogens with zero attached hydrogens (tertiary/aromatic N) is 3. The van der Waals surface area contributed by atoms with Gasteiger partial charge in [-0.3, -0.25) is 14.9 Å². The molecule has 102 valence electrons. The number of hydrogen-bond acceptors (Lipinski definition) is 4. The smallest absolute Gasteiger partial charge is 0.232 e. The van der Waals surface area contributed by atoms with Crippen molar-refractivity contribution in [1.29, 1.82) is 0 Å². The maximum absolute atomic E-state index is 11.9. The summed E-state index contributed by atoms with van der Waals surface area (Å²) in [5, 5.41) is 9.38. The van der Waals surface area contributed by atoms with E-state index in [0.29, 0.717) is 12.5 Å². The van der Waals surface area contributed by atoms with Gasteiger partial charge in [0.05, 0.1) is 12.5 Å². The summed E-state index contributed by atoms with van der Waals surface area (Å²) < 4.78 is 1.59. The monoisotopic (exact) mass is 271 g/mol. The molecule has 0 bridgehead atoms. The molecule has 7 nitrogen and oxygen atoms in total. The first kappa shape index (κ1) is 12.3. The quantitative estimate of drug-likeness (QED) is 0.867. The van der Waals surface area contributed by atoms with Gasteiger partial charge < -0.3 is 5.32 Å². The van der Waals surface area contributed by atoms with Crippen LogP contribution in [-0.2, 0) is 16.1 Å². The Hall–Kier alpha value is -2.70. The van der Waals surface area contributed by atoms with Crippen molar-refractivity contribution in [1.82, 2.24) is 14.8 Å². The highest BCUT2D eigenvalue weighted by molar-refractivity contribution is 5.98. The minimum absolute atomic E-state index is 0.111. The van der Waals surface area contributed by atoms with Gasteiger partial charge in [-0.05, 0) is 12.1 Å². The summed E-state index contributed by atoms with van der Waals surface area (Å²) in [5.41, 5.74) is 0.718. The van der Waals surface area contributed by atoms with Crippen molar-refractivity contribution in [3.63, 3.8) is 0 Å². The Kier molecular flexibility index (Phi) is 3.16. The van der Waals surface area contributed by atoms with Crippen LogP contribution >= 0.6 is 0 Å². The van der Waals surface area contributed by atoms with E-state index in [1.165, 1.54) is 6.33 Å². The topological polar surface area (TPSA) is 88.9 Å². The molecule has 0 fully saturated rings. The van der Waals surface area contributed by atoms with Gasteiger partial charge in [0.15, 0.2) is 0 Å². The molecule has 1 aliphatic rings. The summed E-state index contributed by atoms with van der Waals surface area (Å²) in [6.07, 6.45) is 1.49. The molecule has 3 rings (SSSR count). The Morgan fingerprint density at radius 2 is 2.20 bits per heavy atom. The van der Waals surface area contributed by atoms with Gasteiger partial charge in [-0.1, -0.05) is 18.2 Å². The van der Waals surface area contributed by atoms with Crippen molar-refractivity contribution >= 4 is 23.5 Å².